The molecule has 1 aromatic heterocycles. The van der Waals surface area contributed by atoms with Crippen LogP contribution in [0.1, 0.15) is 22.3 Å². The highest BCUT2D eigenvalue weighted by Gasteiger charge is 2.48. The van der Waals surface area contributed by atoms with Gasteiger partial charge in [-0.1, -0.05) is 127 Å². The first-order chi connectivity index (χ1) is 26.3. The summed E-state index contributed by atoms with van der Waals surface area (Å²) in [5, 5.41) is 2.16. The number of rotatable bonds is 5. The summed E-state index contributed by atoms with van der Waals surface area (Å²) in [7, 11) is 0. The van der Waals surface area contributed by atoms with Gasteiger partial charge < -0.3 is 18.8 Å². The third-order valence-corrected chi connectivity index (χ3v) is 10.8. The van der Waals surface area contributed by atoms with E-state index in [-0.39, 0.29) is 0 Å². The average molecular weight is 682 g/mol. The molecule has 0 bridgehead atoms. The van der Waals surface area contributed by atoms with Gasteiger partial charge in [0.15, 0.2) is 23.0 Å². The van der Waals surface area contributed by atoms with Gasteiger partial charge in [0.2, 0.25) is 0 Å². The maximum Gasteiger partial charge on any atom is 0.178 e. The molecule has 0 amide bonds. The molecule has 2 heterocycles. The number of hydrogen-bond donors (Lipinski definition) is 0. The lowest BCUT2D eigenvalue weighted by Gasteiger charge is -2.34. The molecule has 0 saturated carbocycles. The van der Waals surface area contributed by atoms with Gasteiger partial charge in [0.25, 0.3) is 0 Å². The zero-order valence-corrected chi connectivity index (χ0v) is 28.6. The summed E-state index contributed by atoms with van der Waals surface area (Å²) < 4.78 is 19.9. The number of benzene rings is 8. The highest BCUT2D eigenvalue weighted by Crippen LogP contribution is 2.62. The van der Waals surface area contributed by atoms with Crippen LogP contribution in [0, 0.1) is 0 Å². The highest BCUT2D eigenvalue weighted by atomic mass is 16.6. The van der Waals surface area contributed by atoms with E-state index in [1.807, 2.05) is 24.3 Å². The van der Waals surface area contributed by atoms with E-state index in [1.54, 1.807) is 0 Å². The van der Waals surface area contributed by atoms with Crippen molar-refractivity contribution >= 4 is 39.0 Å². The summed E-state index contributed by atoms with van der Waals surface area (Å²) in [6.45, 7) is 0. The van der Waals surface area contributed by atoms with Gasteiger partial charge in [-0.2, -0.15) is 0 Å². The molecule has 0 atom stereocenters. The standard InChI is InChI=1S/C49H31NO3/c1-4-14-32(15-5-1)49(33-16-6-2-7-17-33)40-22-12-10-21-38(40)47-41(49)26-29-45-48(47)53-44-28-25-36(31-46(44)52-45)50(34-18-8-3-9-19-34)35-24-27-43-39(30-35)37-20-11-13-23-42(37)51-43/h1-31H. The molecule has 4 nitrogen and oxygen atoms in total. The SMILES string of the molecule is c1ccc(N(c2ccc3c(c2)Oc2ccc4c(c2O3)-c2ccccc2C4(c2ccccc2)c2ccccc2)c2ccc3oc4ccccc4c3c2)cc1. The molecule has 0 N–H and O–H groups in total. The van der Waals surface area contributed by atoms with Crippen LogP contribution in [0.3, 0.4) is 0 Å². The van der Waals surface area contributed by atoms with E-state index < -0.39 is 5.41 Å². The highest BCUT2D eigenvalue weighted by molar-refractivity contribution is 6.06. The predicted octanol–water partition coefficient (Wildman–Crippen LogP) is 13.3. The molecule has 0 radical (unpaired) electrons. The Hall–Kier alpha value is -7.04. The van der Waals surface area contributed by atoms with Crippen LogP contribution < -0.4 is 14.4 Å². The molecule has 9 aromatic rings. The molecule has 2 aliphatic rings. The monoisotopic (exact) mass is 681 g/mol. The molecule has 0 unspecified atom stereocenters. The van der Waals surface area contributed by atoms with Crippen molar-refractivity contribution in [2.75, 3.05) is 4.90 Å². The normalized spacial score (nSPS) is 13.4. The van der Waals surface area contributed by atoms with Gasteiger partial charge in [0.1, 0.15) is 11.2 Å². The van der Waals surface area contributed by atoms with E-state index in [2.05, 4.69) is 169 Å². The molecule has 0 fully saturated rings. The minimum atomic E-state index is -0.519. The lowest BCUT2D eigenvalue weighted by Crippen LogP contribution is -2.28. The van der Waals surface area contributed by atoms with Crippen molar-refractivity contribution in [1.82, 2.24) is 0 Å². The first-order valence-electron chi connectivity index (χ1n) is 17.9. The second-order valence-electron chi connectivity index (χ2n) is 13.6. The van der Waals surface area contributed by atoms with Crippen LogP contribution in [-0.2, 0) is 5.41 Å². The van der Waals surface area contributed by atoms with E-state index in [1.165, 1.54) is 22.3 Å². The zero-order chi connectivity index (χ0) is 34.9. The number of nitrogens with zero attached hydrogens (tertiary/aromatic N) is 1. The van der Waals surface area contributed by atoms with Crippen molar-refractivity contribution in [3.8, 4) is 34.1 Å². The molecule has 1 aliphatic carbocycles. The quantitative estimate of drug-likeness (QED) is 0.181. The Morgan fingerprint density at radius 2 is 1.02 bits per heavy atom. The number of furan rings is 1. The summed E-state index contributed by atoms with van der Waals surface area (Å²) in [6, 6.07) is 65.8. The minimum absolute atomic E-state index is 0.519. The summed E-state index contributed by atoms with van der Waals surface area (Å²) in [5.74, 6) is 2.77. The van der Waals surface area contributed by atoms with E-state index in [0.717, 1.165) is 55.9 Å². The Morgan fingerprint density at radius 1 is 0.396 bits per heavy atom. The van der Waals surface area contributed by atoms with Gasteiger partial charge in [0.05, 0.1) is 11.1 Å². The second-order valence-corrected chi connectivity index (χ2v) is 13.6. The Morgan fingerprint density at radius 3 is 1.81 bits per heavy atom. The number of fused-ring (bicyclic) bond motifs is 9. The molecule has 0 spiro atoms. The van der Waals surface area contributed by atoms with E-state index in [4.69, 9.17) is 13.9 Å². The predicted molar refractivity (Wildman–Crippen MR) is 212 cm³/mol. The van der Waals surface area contributed by atoms with Gasteiger partial charge in [-0.3, -0.25) is 0 Å². The molecular formula is C49H31NO3. The maximum atomic E-state index is 6.93. The summed E-state index contributed by atoms with van der Waals surface area (Å²) in [5.41, 5.74) is 11.2. The van der Waals surface area contributed by atoms with Crippen LogP contribution >= 0.6 is 0 Å². The number of anilines is 3. The van der Waals surface area contributed by atoms with Crippen LogP contribution in [-0.4, -0.2) is 0 Å². The lowest BCUT2D eigenvalue weighted by molar-refractivity contribution is 0.360. The van der Waals surface area contributed by atoms with Gasteiger partial charge in [-0.15, -0.1) is 0 Å². The molecule has 0 saturated heterocycles. The molecule has 11 rings (SSSR count). The molecule has 53 heavy (non-hydrogen) atoms. The van der Waals surface area contributed by atoms with Crippen LogP contribution in [0.4, 0.5) is 17.1 Å². The number of ether oxygens (including phenoxy) is 2. The van der Waals surface area contributed by atoms with E-state index >= 15 is 0 Å². The third-order valence-electron chi connectivity index (χ3n) is 10.8. The molecule has 4 heteroatoms. The average Bonchev–Trinajstić information content (AvgIpc) is 3.75. The molecule has 1 aliphatic heterocycles. The number of para-hydroxylation sites is 2. The molecular weight excluding hydrogens is 651 g/mol. The van der Waals surface area contributed by atoms with Crippen molar-refractivity contribution in [1.29, 1.82) is 0 Å². The van der Waals surface area contributed by atoms with Gasteiger partial charge >= 0.3 is 0 Å². The zero-order valence-electron chi connectivity index (χ0n) is 28.6. The Bertz CT molecular complexity index is 2800. The van der Waals surface area contributed by atoms with Crippen molar-refractivity contribution in [2.45, 2.75) is 5.41 Å². The third kappa shape index (κ3) is 4.36. The van der Waals surface area contributed by atoms with Gasteiger partial charge in [0, 0.05) is 33.8 Å². The number of hydrogen-bond acceptors (Lipinski definition) is 4. The minimum Gasteiger partial charge on any atom is -0.456 e. The smallest absolute Gasteiger partial charge is 0.178 e. The Kier molecular flexibility index (Phi) is 6.43. The maximum absolute atomic E-state index is 6.93. The molecule has 250 valence electrons. The summed E-state index contributed by atoms with van der Waals surface area (Å²) in [4.78, 5) is 2.24. The summed E-state index contributed by atoms with van der Waals surface area (Å²) >= 11 is 0. The second kappa shape index (κ2) is 11.5. The topological polar surface area (TPSA) is 34.8 Å². The fourth-order valence-corrected chi connectivity index (χ4v) is 8.57. The fourth-order valence-electron chi connectivity index (χ4n) is 8.57. The summed E-state index contributed by atoms with van der Waals surface area (Å²) in [6.07, 6.45) is 0. The lowest BCUT2D eigenvalue weighted by atomic mass is 9.68. The van der Waals surface area contributed by atoms with Crippen LogP contribution in [0.15, 0.2) is 192 Å². The fraction of sp³-hybridized carbons (Fsp3) is 0.0204. The van der Waals surface area contributed by atoms with Crippen molar-refractivity contribution in [2.24, 2.45) is 0 Å². The Balaban J connectivity index is 1.05. The van der Waals surface area contributed by atoms with Crippen molar-refractivity contribution in [3.05, 3.63) is 210 Å². The van der Waals surface area contributed by atoms with Crippen LogP contribution in [0.2, 0.25) is 0 Å². The molecule has 8 aromatic carbocycles. The van der Waals surface area contributed by atoms with E-state index in [9.17, 15) is 0 Å². The van der Waals surface area contributed by atoms with E-state index in [0.29, 0.717) is 17.2 Å². The Labute approximate surface area is 306 Å². The van der Waals surface area contributed by atoms with Crippen molar-refractivity contribution < 1.29 is 13.9 Å². The first kappa shape index (κ1) is 29.7. The largest absolute Gasteiger partial charge is 0.456 e. The van der Waals surface area contributed by atoms with Gasteiger partial charge in [-0.25, -0.2) is 0 Å². The van der Waals surface area contributed by atoms with Crippen LogP contribution in [0.5, 0.6) is 23.0 Å². The van der Waals surface area contributed by atoms with Crippen LogP contribution in [0.25, 0.3) is 33.1 Å². The van der Waals surface area contributed by atoms with Gasteiger partial charge in [-0.05, 0) is 82.4 Å². The van der Waals surface area contributed by atoms with Crippen molar-refractivity contribution in [3.63, 3.8) is 0 Å². The first-order valence-corrected chi connectivity index (χ1v) is 17.9.